The molecule has 1 aromatic carbocycles. The number of nitro groups is 1. The van der Waals surface area contributed by atoms with Gasteiger partial charge in [-0.25, -0.2) is 17.9 Å². The van der Waals surface area contributed by atoms with Crippen LogP contribution in [0.3, 0.4) is 0 Å². The van der Waals surface area contributed by atoms with E-state index in [-0.39, 0.29) is 49.3 Å². The predicted molar refractivity (Wildman–Crippen MR) is 86.6 cm³/mol. The number of anilines is 1. The van der Waals surface area contributed by atoms with Gasteiger partial charge in [0, 0.05) is 44.1 Å². The highest BCUT2D eigenvalue weighted by molar-refractivity contribution is 7.89. The number of nitro benzene ring substituents is 1. The number of sulfonamides is 1. The second kappa shape index (κ2) is 6.24. The van der Waals surface area contributed by atoms with Crippen LogP contribution in [0.2, 0.25) is 0 Å². The van der Waals surface area contributed by atoms with E-state index < -0.39 is 31.2 Å². The number of primary sulfonamides is 1. The molecule has 3 rings (SSSR count). The van der Waals surface area contributed by atoms with E-state index >= 15 is 0 Å². The molecule has 0 unspecified atom stereocenters. The van der Waals surface area contributed by atoms with E-state index in [1.807, 2.05) is 0 Å². The van der Waals surface area contributed by atoms with Gasteiger partial charge in [-0.15, -0.1) is 0 Å². The van der Waals surface area contributed by atoms with Crippen molar-refractivity contribution in [3.8, 4) is 0 Å². The molecule has 11 heteroatoms. The van der Waals surface area contributed by atoms with Crippen LogP contribution in [0.25, 0.3) is 11.0 Å². The SMILES string of the molecule is NS(=O)(=O)c1cc([N+](=O)[O-])c(NCC2(F)CCOCC2)c2occc12. The maximum Gasteiger partial charge on any atom is 0.297 e. The van der Waals surface area contributed by atoms with Crippen molar-refractivity contribution >= 4 is 32.4 Å². The molecule has 9 nitrogen and oxygen atoms in total. The molecule has 1 saturated heterocycles. The number of fused-ring (bicyclic) bond motifs is 1. The molecule has 0 saturated carbocycles. The summed E-state index contributed by atoms with van der Waals surface area (Å²) in [6.07, 6.45) is 1.50. The summed E-state index contributed by atoms with van der Waals surface area (Å²) in [6.45, 7) is 0.337. The number of ether oxygens (including phenoxy) is 1. The van der Waals surface area contributed by atoms with E-state index in [0.717, 1.165) is 6.07 Å². The third-order valence-electron chi connectivity index (χ3n) is 4.16. The first-order valence-electron chi connectivity index (χ1n) is 7.43. The Morgan fingerprint density at radius 2 is 2.08 bits per heavy atom. The second-order valence-corrected chi connectivity index (χ2v) is 7.38. The van der Waals surface area contributed by atoms with Gasteiger partial charge in [-0.1, -0.05) is 0 Å². The molecule has 0 aliphatic carbocycles. The highest BCUT2D eigenvalue weighted by Crippen LogP contribution is 2.39. The van der Waals surface area contributed by atoms with E-state index in [1.165, 1.54) is 12.3 Å². The summed E-state index contributed by atoms with van der Waals surface area (Å²) in [4.78, 5) is 10.2. The number of hydrogen-bond donors (Lipinski definition) is 2. The van der Waals surface area contributed by atoms with Crippen LogP contribution in [0, 0.1) is 10.1 Å². The fraction of sp³-hybridized carbons (Fsp3) is 0.429. The summed E-state index contributed by atoms with van der Waals surface area (Å²) in [7, 11) is -4.20. The van der Waals surface area contributed by atoms with Crippen molar-refractivity contribution in [1.29, 1.82) is 0 Å². The fourth-order valence-corrected chi connectivity index (χ4v) is 3.54. The number of halogens is 1. The number of nitrogens with two attached hydrogens (primary N) is 1. The van der Waals surface area contributed by atoms with E-state index in [1.54, 1.807) is 0 Å². The molecular formula is C14H16FN3O6S. The zero-order chi connectivity index (χ0) is 18.2. The Labute approximate surface area is 142 Å². The average molecular weight is 373 g/mol. The van der Waals surface area contributed by atoms with Gasteiger partial charge in [-0.05, 0) is 6.07 Å². The van der Waals surface area contributed by atoms with Crippen LogP contribution in [0.1, 0.15) is 12.8 Å². The van der Waals surface area contributed by atoms with Crippen molar-refractivity contribution in [3.63, 3.8) is 0 Å². The molecule has 0 radical (unpaired) electrons. The summed E-state index contributed by atoms with van der Waals surface area (Å²) in [6, 6.07) is 2.19. The molecule has 0 bridgehead atoms. The van der Waals surface area contributed by atoms with Gasteiger partial charge in [0.15, 0.2) is 11.3 Å². The van der Waals surface area contributed by atoms with E-state index in [4.69, 9.17) is 14.3 Å². The smallest absolute Gasteiger partial charge is 0.297 e. The Morgan fingerprint density at radius 3 is 2.68 bits per heavy atom. The van der Waals surface area contributed by atoms with Crippen LogP contribution in [-0.4, -0.2) is 38.8 Å². The van der Waals surface area contributed by atoms with Crippen molar-refractivity contribution in [2.24, 2.45) is 5.14 Å². The summed E-state index contributed by atoms with van der Waals surface area (Å²) < 4.78 is 48.5. The standard InChI is InChI=1S/C14H16FN3O6S/c15-14(2-5-23-6-3-14)8-17-12-10(18(19)20)7-11(25(16,21)22)9-1-4-24-13(9)12/h1,4,7,17H,2-3,5-6,8H2,(H2,16,21,22). The lowest BCUT2D eigenvalue weighted by molar-refractivity contribution is -0.384. The largest absolute Gasteiger partial charge is 0.462 e. The number of nitrogens with one attached hydrogen (secondary N) is 1. The number of hydrogen-bond acceptors (Lipinski definition) is 7. The third kappa shape index (κ3) is 3.43. The Kier molecular flexibility index (Phi) is 4.39. The third-order valence-corrected chi connectivity index (χ3v) is 5.11. The number of alkyl halides is 1. The van der Waals surface area contributed by atoms with Gasteiger partial charge in [0.25, 0.3) is 5.69 Å². The van der Waals surface area contributed by atoms with Gasteiger partial charge in [0.2, 0.25) is 10.0 Å². The second-order valence-electron chi connectivity index (χ2n) is 5.85. The molecule has 25 heavy (non-hydrogen) atoms. The topological polar surface area (TPSA) is 138 Å². The molecule has 0 atom stereocenters. The molecule has 1 aromatic heterocycles. The van der Waals surface area contributed by atoms with Crippen molar-refractivity contribution < 1.29 is 26.9 Å². The van der Waals surface area contributed by atoms with Gasteiger partial charge < -0.3 is 14.5 Å². The van der Waals surface area contributed by atoms with Crippen LogP contribution in [0.15, 0.2) is 27.7 Å². The van der Waals surface area contributed by atoms with Crippen LogP contribution in [-0.2, 0) is 14.8 Å². The van der Waals surface area contributed by atoms with Crippen molar-refractivity contribution in [2.45, 2.75) is 23.4 Å². The molecule has 1 aliphatic rings. The average Bonchev–Trinajstić information content (AvgIpc) is 3.00. The van der Waals surface area contributed by atoms with Crippen LogP contribution in [0.4, 0.5) is 15.8 Å². The van der Waals surface area contributed by atoms with Crippen molar-refractivity contribution in [2.75, 3.05) is 25.1 Å². The van der Waals surface area contributed by atoms with Crippen molar-refractivity contribution in [3.05, 3.63) is 28.5 Å². The quantitative estimate of drug-likeness (QED) is 0.603. The number of rotatable bonds is 5. The lowest BCUT2D eigenvalue weighted by Gasteiger charge is -2.29. The van der Waals surface area contributed by atoms with Gasteiger partial charge in [0.1, 0.15) is 5.67 Å². The highest BCUT2D eigenvalue weighted by Gasteiger charge is 2.34. The maximum atomic E-state index is 14.7. The Hall–Kier alpha value is -2.24. The summed E-state index contributed by atoms with van der Waals surface area (Å²) in [5.41, 5.74) is -2.28. The fourth-order valence-electron chi connectivity index (χ4n) is 2.80. The van der Waals surface area contributed by atoms with E-state index in [0.29, 0.717) is 0 Å². The summed E-state index contributed by atoms with van der Waals surface area (Å²) in [5, 5.41) is 19.3. The van der Waals surface area contributed by atoms with E-state index in [2.05, 4.69) is 5.32 Å². The van der Waals surface area contributed by atoms with Crippen LogP contribution < -0.4 is 10.5 Å². The molecule has 136 valence electrons. The zero-order valence-electron chi connectivity index (χ0n) is 13.0. The predicted octanol–water partition coefficient (Wildman–Crippen LogP) is 1.92. The Morgan fingerprint density at radius 1 is 1.40 bits per heavy atom. The van der Waals surface area contributed by atoms with Crippen molar-refractivity contribution in [1.82, 2.24) is 0 Å². The first-order valence-corrected chi connectivity index (χ1v) is 8.98. The Bertz CT molecular complexity index is 920. The molecule has 1 fully saturated rings. The summed E-state index contributed by atoms with van der Waals surface area (Å²) in [5.74, 6) is 0. The van der Waals surface area contributed by atoms with Crippen LogP contribution >= 0.6 is 0 Å². The zero-order valence-corrected chi connectivity index (χ0v) is 13.8. The first kappa shape index (κ1) is 17.6. The molecule has 2 aromatic rings. The monoisotopic (exact) mass is 373 g/mol. The molecule has 0 amide bonds. The van der Waals surface area contributed by atoms with Gasteiger partial charge in [-0.3, -0.25) is 10.1 Å². The minimum absolute atomic E-state index is 0.0612. The number of nitrogens with zero attached hydrogens (tertiary/aromatic N) is 1. The summed E-state index contributed by atoms with van der Waals surface area (Å²) >= 11 is 0. The molecule has 3 N–H and O–H groups in total. The molecule has 1 aliphatic heterocycles. The van der Waals surface area contributed by atoms with E-state index in [9.17, 15) is 22.9 Å². The molecule has 0 spiro atoms. The number of benzene rings is 1. The number of furan rings is 1. The van der Waals surface area contributed by atoms with Crippen LogP contribution in [0.5, 0.6) is 0 Å². The minimum atomic E-state index is -4.20. The van der Waals surface area contributed by atoms with Gasteiger partial charge in [-0.2, -0.15) is 0 Å². The molecule has 2 heterocycles. The Balaban J connectivity index is 2.06. The molecular weight excluding hydrogens is 357 g/mol. The lowest BCUT2D eigenvalue weighted by Crippen LogP contribution is -2.38. The minimum Gasteiger partial charge on any atom is -0.462 e. The normalized spacial score (nSPS) is 17.5. The van der Waals surface area contributed by atoms with Gasteiger partial charge in [0.05, 0.1) is 16.1 Å². The maximum absolute atomic E-state index is 14.7. The first-order chi connectivity index (χ1) is 11.7. The lowest BCUT2D eigenvalue weighted by atomic mass is 9.96. The highest BCUT2D eigenvalue weighted by atomic mass is 32.2. The van der Waals surface area contributed by atoms with Gasteiger partial charge >= 0.3 is 0 Å².